The van der Waals surface area contributed by atoms with Crippen LogP contribution in [0.2, 0.25) is 0 Å². The number of rotatable bonds is 6. The second kappa shape index (κ2) is 7.22. The van der Waals surface area contributed by atoms with Crippen molar-refractivity contribution in [1.82, 2.24) is 0 Å². The molecule has 2 nitrogen and oxygen atoms in total. The zero-order chi connectivity index (χ0) is 14.4. The molecule has 1 atom stereocenters. The smallest absolute Gasteiger partial charge is 0.0585 e. The fourth-order valence-corrected chi connectivity index (χ4v) is 2.35. The van der Waals surface area contributed by atoms with Crippen molar-refractivity contribution in [1.29, 1.82) is 0 Å². The Morgan fingerprint density at radius 2 is 1.40 bits per heavy atom. The predicted molar refractivity (Wildman–Crippen MR) is 84.6 cm³/mol. The van der Waals surface area contributed by atoms with Crippen LogP contribution in [0.3, 0.4) is 0 Å². The van der Waals surface area contributed by atoms with Crippen LogP contribution < -0.4 is 5.73 Å². The molecule has 2 aromatic rings. The normalized spacial score (nSPS) is 12.3. The Labute approximate surface area is 121 Å². The maximum Gasteiger partial charge on any atom is 0.0585 e. The van der Waals surface area contributed by atoms with E-state index in [0.717, 1.165) is 12.0 Å². The number of aliphatic hydroxyl groups is 1. The summed E-state index contributed by atoms with van der Waals surface area (Å²) < 4.78 is 0. The summed E-state index contributed by atoms with van der Waals surface area (Å²) in [4.78, 5) is 0. The van der Waals surface area contributed by atoms with Gasteiger partial charge in [-0.3, -0.25) is 0 Å². The monoisotopic (exact) mass is 269 g/mol. The molecule has 0 bridgehead atoms. The van der Waals surface area contributed by atoms with Crippen LogP contribution in [0.15, 0.2) is 48.5 Å². The highest BCUT2D eigenvalue weighted by Gasteiger charge is 2.03. The van der Waals surface area contributed by atoms with E-state index in [1.54, 1.807) is 0 Å². The van der Waals surface area contributed by atoms with Crippen LogP contribution in [0, 0.1) is 0 Å². The van der Waals surface area contributed by atoms with Crippen molar-refractivity contribution in [3.63, 3.8) is 0 Å². The van der Waals surface area contributed by atoms with Crippen LogP contribution in [-0.2, 0) is 12.8 Å². The Balaban J connectivity index is 2.09. The number of nitrogens with two attached hydrogens (primary N) is 1. The van der Waals surface area contributed by atoms with E-state index >= 15 is 0 Å². The summed E-state index contributed by atoms with van der Waals surface area (Å²) in [7, 11) is 0. The molecule has 0 fully saturated rings. The minimum Gasteiger partial charge on any atom is -0.395 e. The van der Waals surface area contributed by atoms with Gasteiger partial charge >= 0.3 is 0 Å². The number of aryl methyl sites for hydroxylation is 1. The number of hydrogen-bond acceptors (Lipinski definition) is 2. The van der Waals surface area contributed by atoms with Crippen molar-refractivity contribution >= 4 is 0 Å². The Kier molecular flexibility index (Phi) is 5.33. The summed E-state index contributed by atoms with van der Waals surface area (Å²) in [5.41, 5.74) is 10.8. The minimum atomic E-state index is -0.172. The van der Waals surface area contributed by atoms with Gasteiger partial charge in [-0.2, -0.15) is 0 Å². The summed E-state index contributed by atoms with van der Waals surface area (Å²) in [6.07, 6.45) is 3.03. The zero-order valence-corrected chi connectivity index (χ0v) is 12.0. The average Bonchev–Trinajstić information content (AvgIpc) is 2.49. The molecule has 0 heterocycles. The van der Waals surface area contributed by atoms with Gasteiger partial charge in [0.25, 0.3) is 0 Å². The molecule has 0 saturated carbocycles. The summed E-state index contributed by atoms with van der Waals surface area (Å²) >= 11 is 0. The molecule has 0 aliphatic rings. The van der Waals surface area contributed by atoms with Crippen LogP contribution in [0.25, 0.3) is 11.1 Å². The zero-order valence-electron chi connectivity index (χ0n) is 12.0. The third-order valence-corrected chi connectivity index (χ3v) is 3.51. The van der Waals surface area contributed by atoms with E-state index in [1.807, 2.05) is 0 Å². The predicted octanol–water partition coefficient (Wildman–Crippen LogP) is 3.17. The molecule has 2 rings (SSSR count). The maximum atomic E-state index is 8.97. The average molecular weight is 269 g/mol. The molecule has 0 spiro atoms. The van der Waals surface area contributed by atoms with Crippen LogP contribution in [0.5, 0.6) is 0 Å². The largest absolute Gasteiger partial charge is 0.395 e. The summed E-state index contributed by atoms with van der Waals surface area (Å²) in [6, 6.07) is 17.0. The lowest BCUT2D eigenvalue weighted by Crippen LogP contribution is -2.26. The van der Waals surface area contributed by atoms with Gasteiger partial charge in [-0.1, -0.05) is 61.9 Å². The Morgan fingerprint density at radius 1 is 0.900 bits per heavy atom. The Morgan fingerprint density at radius 3 is 1.85 bits per heavy atom. The van der Waals surface area contributed by atoms with E-state index in [2.05, 4.69) is 55.5 Å². The molecule has 1 unspecified atom stereocenters. The standard InChI is InChI=1S/C18H23NO/c1-2-3-14-4-8-16(9-5-14)17-10-6-15(7-11-17)12-18(19)13-20/h4-11,18,20H,2-3,12-13,19H2,1H3. The third kappa shape index (κ3) is 3.92. The van der Waals surface area contributed by atoms with E-state index in [4.69, 9.17) is 10.8 Å². The van der Waals surface area contributed by atoms with Crippen LogP contribution in [-0.4, -0.2) is 17.8 Å². The molecule has 2 heteroatoms. The van der Waals surface area contributed by atoms with Gasteiger partial charge in [0, 0.05) is 6.04 Å². The molecule has 0 radical (unpaired) electrons. The lowest BCUT2D eigenvalue weighted by Gasteiger charge is -2.09. The molecule has 2 aromatic carbocycles. The van der Waals surface area contributed by atoms with Crippen molar-refractivity contribution < 1.29 is 5.11 Å². The highest BCUT2D eigenvalue weighted by atomic mass is 16.3. The minimum absolute atomic E-state index is 0.0284. The summed E-state index contributed by atoms with van der Waals surface area (Å²) in [5.74, 6) is 0. The highest BCUT2D eigenvalue weighted by Crippen LogP contribution is 2.21. The molecule has 0 aliphatic carbocycles. The quantitative estimate of drug-likeness (QED) is 0.846. The molecule has 0 aliphatic heterocycles. The van der Waals surface area contributed by atoms with Crippen molar-refractivity contribution in [3.8, 4) is 11.1 Å². The Hall–Kier alpha value is -1.64. The van der Waals surface area contributed by atoms with Gasteiger partial charge in [0.1, 0.15) is 0 Å². The molecule has 0 amide bonds. The van der Waals surface area contributed by atoms with E-state index in [1.165, 1.54) is 23.1 Å². The first-order chi connectivity index (χ1) is 9.72. The fraction of sp³-hybridized carbons (Fsp3) is 0.333. The molecule has 3 N–H and O–H groups in total. The van der Waals surface area contributed by atoms with Gasteiger partial charge in [-0.25, -0.2) is 0 Å². The third-order valence-electron chi connectivity index (χ3n) is 3.51. The lowest BCUT2D eigenvalue weighted by atomic mass is 9.99. The first kappa shape index (κ1) is 14.8. The number of hydrogen-bond donors (Lipinski definition) is 2. The van der Waals surface area contributed by atoms with E-state index < -0.39 is 0 Å². The topological polar surface area (TPSA) is 46.2 Å². The van der Waals surface area contributed by atoms with Crippen molar-refractivity contribution in [2.45, 2.75) is 32.2 Å². The van der Waals surface area contributed by atoms with Gasteiger partial charge in [-0.15, -0.1) is 0 Å². The van der Waals surface area contributed by atoms with Crippen LogP contribution in [0.4, 0.5) is 0 Å². The molecule has 106 valence electrons. The SMILES string of the molecule is CCCc1ccc(-c2ccc(CC(N)CO)cc2)cc1. The van der Waals surface area contributed by atoms with Gasteiger partial charge in [0.2, 0.25) is 0 Å². The maximum absolute atomic E-state index is 8.97. The lowest BCUT2D eigenvalue weighted by molar-refractivity contribution is 0.265. The molecule has 0 saturated heterocycles. The van der Waals surface area contributed by atoms with Gasteiger partial charge in [-0.05, 0) is 35.1 Å². The second-order valence-corrected chi connectivity index (χ2v) is 5.29. The molecular formula is C18H23NO. The van der Waals surface area contributed by atoms with Gasteiger partial charge in [0.05, 0.1) is 6.61 Å². The number of benzene rings is 2. The van der Waals surface area contributed by atoms with Crippen molar-refractivity contribution in [3.05, 3.63) is 59.7 Å². The molecule has 0 aromatic heterocycles. The fourth-order valence-electron chi connectivity index (χ4n) is 2.35. The molecule has 20 heavy (non-hydrogen) atoms. The van der Waals surface area contributed by atoms with E-state index in [9.17, 15) is 0 Å². The number of aliphatic hydroxyl groups excluding tert-OH is 1. The highest BCUT2D eigenvalue weighted by molar-refractivity contribution is 5.64. The van der Waals surface area contributed by atoms with Crippen LogP contribution in [0.1, 0.15) is 24.5 Å². The first-order valence-electron chi connectivity index (χ1n) is 7.27. The summed E-state index contributed by atoms with van der Waals surface area (Å²) in [5, 5.41) is 8.97. The van der Waals surface area contributed by atoms with E-state index in [0.29, 0.717) is 6.42 Å². The van der Waals surface area contributed by atoms with E-state index in [-0.39, 0.29) is 12.6 Å². The van der Waals surface area contributed by atoms with Gasteiger partial charge in [0.15, 0.2) is 0 Å². The molecular weight excluding hydrogens is 246 g/mol. The summed E-state index contributed by atoms with van der Waals surface area (Å²) in [6.45, 7) is 2.23. The first-order valence-corrected chi connectivity index (χ1v) is 7.27. The second-order valence-electron chi connectivity index (χ2n) is 5.29. The Bertz CT molecular complexity index is 516. The van der Waals surface area contributed by atoms with Crippen molar-refractivity contribution in [2.24, 2.45) is 5.73 Å². The van der Waals surface area contributed by atoms with Crippen LogP contribution >= 0.6 is 0 Å². The van der Waals surface area contributed by atoms with Gasteiger partial charge < -0.3 is 10.8 Å². The van der Waals surface area contributed by atoms with Crippen molar-refractivity contribution in [2.75, 3.05) is 6.61 Å².